The third kappa shape index (κ3) is 3.43. The molecule has 0 N–H and O–H groups in total. The molecule has 3 aromatic rings. The van der Waals surface area contributed by atoms with Crippen molar-refractivity contribution >= 4 is 11.6 Å². The maximum atomic E-state index is 13.4. The zero-order chi connectivity index (χ0) is 20.5. The number of hydrogen-bond donors (Lipinski definition) is 0. The fraction of sp³-hybridized carbons (Fsp3) is 0.435. The lowest BCUT2D eigenvalue weighted by Gasteiger charge is -2.37. The first kappa shape index (κ1) is 19.1. The van der Waals surface area contributed by atoms with Gasteiger partial charge in [-0.3, -0.25) is 9.69 Å². The van der Waals surface area contributed by atoms with Crippen molar-refractivity contribution < 1.29 is 9.53 Å². The normalized spacial score (nSPS) is 20.0. The summed E-state index contributed by atoms with van der Waals surface area (Å²) in [6, 6.07) is 10.2. The van der Waals surface area contributed by atoms with Crippen molar-refractivity contribution in [3.63, 3.8) is 0 Å². The Balaban J connectivity index is 1.42. The summed E-state index contributed by atoms with van der Waals surface area (Å²) < 4.78 is 7.01. The van der Waals surface area contributed by atoms with Gasteiger partial charge in [-0.05, 0) is 69.1 Å². The summed E-state index contributed by atoms with van der Waals surface area (Å²) in [6.07, 6.45) is 8.19. The molecule has 1 aromatic carbocycles. The van der Waals surface area contributed by atoms with Crippen LogP contribution in [0.2, 0.25) is 0 Å². The summed E-state index contributed by atoms with van der Waals surface area (Å²) in [6.45, 7) is 3.93. The molecule has 2 aliphatic rings. The molecule has 5 rings (SSSR count). The SMILES string of the molecule is COc1ccc(-c2ccnc3c(C(=O)N4CCC[C@@H](N5CCCC5)C4)cnn23)cc1. The van der Waals surface area contributed by atoms with Crippen molar-refractivity contribution in [1.29, 1.82) is 0 Å². The number of benzene rings is 1. The number of carbonyl (C=O) groups is 1. The molecular weight excluding hydrogens is 378 g/mol. The molecule has 0 bridgehead atoms. The number of piperidine rings is 1. The molecule has 0 unspecified atom stereocenters. The molecule has 2 aromatic heterocycles. The van der Waals surface area contributed by atoms with Crippen LogP contribution in [0.1, 0.15) is 36.0 Å². The Hall–Kier alpha value is -2.93. The molecule has 1 amide bonds. The second kappa shape index (κ2) is 8.07. The summed E-state index contributed by atoms with van der Waals surface area (Å²) in [7, 11) is 1.65. The van der Waals surface area contributed by atoms with Crippen LogP contribution in [0.4, 0.5) is 0 Å². The molecule has 156 valence electrons. The first-order valence-corrected chi connectivity index (χ1v) is 10.7. The summed E-state index contributed by atoms with van der Waals surface area (Å²) in [5.74, 6) is 0.839. The van der Waals surface area contributed by atoms with Gasteiger partial charge in [0.25, 0.3) is 5.91 Å². The number of amides is 1. The molecule has 0 saturated carbocycles. The van der Waals surface area contributed by atoms with Gasteiger partial charge >= 0.3 is 0 Å². The molecule has 7 nitrogen and oxygen atoms in total. The maximum Gasteiger partial charge on any atom is 0.259 e. The lowest BCUT2D eigenvalue weighted by atomic mass is 10.0. The van der Waals surface area contributed by atoms with Crippen LogP contribution in [-0.4, -0.2) is 69.6 Å². The third-order valence-electron chi connectivity index (χ3n) is 6.36. The number of ether oxygens (including phenoxy) is 1. The Morgan fingerprint density at radius 3 is 2.63 bits per heavy atom. The Bertz CT molecular complexity index is 1040. The van der Waals surface area contributed by atoms with E-state index in [-0.39, 0.29) is 5.91 Å². The van der Waals surface area contributed by atoms with E-state index >= 15 is 0 Å². The maximum absolute atomic E-state index is 13.4. The van der Waals surface area contributed by atoms with Gasteiger partial charge < -0.3 is 9.64 Å². The fourth-order valence-electron chi connectivity index (χ4n) is 4.74. The minimum absolute atomic E-state index is 0.0354. The predicted molar refractivity (Wildman–Crippen MR) is 115 cm³/mol. The van der Waals surface area contributed by atoms with E-state index in [1.54, 1.807) is 24.0 Å². The summed E-state index contributed by atoms with van der Waals surface area (Å²) >= 11 is 0. The smallest absolute Gasteiger partial charge is 0.259 e. The van der Waals surface area contributed by atoms with Gasteiger partial charge in [0, 0.05) is 30.9 Å². The average molecular weight is 406 g/mol. The van der Waals surface area contributed by atoms with Crippen LogP contribution in [0.25, 0.3) is 16.9 Å². The molecule has 30 heavy (non-hydrogen) atoms. The number of likely N-dealkylation sites (tertiary alicyclic amines) is 2. The first-order valence-electron chi connectivity index (χ1n) is 10.7. The van der Waals surface area contributed by atoms with Gasteiger partial charge in [0.05, 0.1) is 19.0 Å². The number of carbonyl (C=O) groups excluding carboxylic acids is 1. The Labute approximate surface area is 176 Å². The second-order valence-corrected chi connectivity index (χ2v) is 8.14. The number of nitrogens with zero attached hydrogens (tertiary/aromatic N) is 5. The highest BCUT2D eigenvalue weighted by Gasteiger charge is 2.31. The monoisotopic (exact) mass is 405 g/mol. The number of rotatable bonds is 4. The lowest BCUT2D eigenvalue weighted by molar-refractivity contribution is 0.0609. The number of aromatic nitrogens is 3. The van der Waals surface area contributed by atoms with Gasteiger partial charge in [-0.25, -0.2) is 9.50 Å². The van der Waals surface area contributed by atoms with Gasteiger partial charge in [0.1, 0.15) is 11.3 Å². The van der Waals surface area contributed by atoms with E-state index in [1.165, 1.54) is 19.3 Å². The van der Waals surface area contributed by atoms with Crippen LogP contribution in [0, 0.1) is 0 Å². The topological polar surface area (TPSA) is 63.0 Å². The average Bonchev–Trinajstić information content (AvgIpc) is 3.49. The van der Waals surface area contributed by atoms with Crippen LogP contribution in [0.3, 0.4) is 0 Å². The minimum Gasteiger partial charge on any atom is -0.497 e. The second-order valence-electron chi connectivity index (χ2n) is 8.14. The molecule has 2 saturated heterocycles. The zero-order valence-electron chi connectivity index (χ0n) is 17.3. The van der Waals surface area contributed by atoms with Crippen molar-refractivity contribution in [2.24, 2.45) is 0 Å². The van der Waals surface area contributed by atoms with Crippen LogP contribution in [-0.2, 0) is 0 Å². The highest BCUT2D eigenvalue weighted by molar-refractivity contribution is 6.00. The van der Waals surface area contributed by atoms with Gasteiger partial charge in [0.15, 0.2) is 5.65 Å². The summed E-state index contributed by atoms with van der Waals surface area (Å²) in [5, 5.41) is 4.51. The van der Waals surface area contributed by atoms with E-state index in [0.29, 0.717) is 17.3 Å². The van der Waals surface area contributed by atoms with E-state index in [1.807, 2.05) is 35.2 Å². The van der Waals surface area contributed by atoms with Crippen molar-refractivity contribution in [3.05, 3.63) is 48.3 Å². The first-order chi connectivity index (χ1) is 14.7. The predicted octanol–water partition coefficient (Wildman–Crippen LogP) is 3.11. The van der Waals surface area contributed by atoms with Crippen molar-refractivity contribution in [2.45, 2.75) is 31.7 Å². The van der Waals surface area contributed by atoms with E-state index < -0.39 is 0 Å². The molecule has 1 atom stereocenters. The summed E-state index contributed by atoms with van der Waals surface area (Å²) in [4.78, 5) is 22.4. The van der Waals surface area contributed by atoms with Crippen LogP contribution in [0.15, 0.2) is 42.7 Å². The van der Waals surface area contributed by atoms with Gasteiger partial charge in [-0.15, -0.1) is 0 Å². The Kier molecular flexibility index (Phi) is 5.12. The quantitative estimate of drug-likeness (QED) is 0.667. The third-order valence-corrected chi connectivity index (χ3v) is 6.36. The highest BCUT2D eigenvalue weighted by Crippen LogP contribution is 2.25. The molecular formula is C23H27N5O2. The highest BCUT2D eigenvalue weighted by atomic mass is 16.5. The standard InChI is InChI=1S/C23H27N5O2/c1-30-19-8-6-17(7-9-19)21-10-11-24-22-20(15-25-28(21)22)23(29)27-14-4-5-18(16-27)26-12-2-3-13-26/h6-11,15,18H,2-5,12-14,16H2,1H3/t18-/m1/s1. The molecule has 0 aliphatic carbocycles. The Morgan fingerprint density at radius 2 is 1.87 bits per heavy atom. The van der Waals surface area contributed by atoms with E-state index in [4.69, 9.17) is 4.74 Å². The molecule has 0 spiro atoms. The fourth-order valence-corrected chi connectivity index (χ4v) is 4.74. The summed E-state index contributed by atoms with van der Waals surface area (Å²) in [5.41, 5.74) is 3.08. The van der Waals surface area contributed by atoms with E-state index in [0.717, 1.165) is 49.6 Å². The molecule has 2 fully saturated rings. The van der Waals surface area contributed by atoms with Crippen molar-refractivity contribution in [3.8, 4) is 17.0 Å². The molecule has 0 radical (unpaired) electrons. The van der Waals surface area contributed by atoms with E-state index in [2.05, 4.69) is 15.0 Å². The largest absolute Gasteiger partial charge is 0.497 e. The molecule has 2 aliphatic heterocycles. The zero-order valence-corrected chi connectivity index (χ0v) is 17.3. The molecule has 7 heteroatoms. The lowest BCUT2D eigenvalue weighted by Crippen LogP contribution is -2.49. The van der Waals surface area contributed by atoms with Crippen LogP contribution >= 0.6 is 0 Å². The van der Waals surface area contributed by atoms with Crippen molar-refractivity contribution in [1.82, 2.24) is 24.4 Å². The van der Waals surface area contributed by atoms with E-state index in [9.17, 15) is 4.79 Å². The van der Waals surface area contributed by atoms with Crippen molar-refractivity contribution in [2.75, 3.05) is 33.3 Å². The van der Waals surface area contributed by atoms with Gasteiger partial charge in [-0.2, -0.15) is 5.10 Å². The van der Waals surface area contributed by atoms with Gasteiger partial charge in [-0.1, -0.05) is 0 Å². The number of methoxy groups -OCH3 is 1. The van der Waals surface area contributed by atoms with Crippen LogP contribution < -0.4 is 4.74 Å². The Morgan fingerprint density at radius 1 is 1.07 bits per heavy atom. The minimum atomic E-state index is 0.0354. The number of hydrogen-bond acceptors (Lipinski definition) is 5. The van der Waals surface area contributed by atoms with Crippen LogP contribution in [0.5, 0.6) is 5.75 Å². The molecule has 4 heterocycles. The van der Waals surface area contributed by atoms with Gasteiger partial charge in [0.2, 0.25) is 0 Å². The number of fused-ring (bicyclic) bond motifs is 1.